The van der Waals surface area contributed by atoms with Gasteiger partial charge in [-0.15, -0.1) is 0 Å². The number of pyridine rings is 1. The van der Waals surface area contributed by atoms with E-state index in [0.717, 1.165) is 22.8 Å². The molecule has 1 aliphatic rings. The molecule has 0 aromatic carbocycles. The molecule has 11 nitrogen and oxygen atoms in total. The van der Waals surface area contributed by atoms with E-state index < -0.39 is 23.3 Å². The Morgan fingerprint density at radius 1 is 1.22 bits per heavy atom. The van der Waals surface area contributed by atoms with E-state index in [1.54, 1.807) is 34.0 Å². The van der Waals surface area contributed by atoms with E-state index in [2.05, 4.69) is 25.4 Å². The van der Waals surface area contributed by atoms with Crippen LogP contribution in [0.1, 0.15) is 31.7 Å². The van der Waals surface area contributed by atoms with Crippen molar-refractivity contribution >= 4 is 45.6 Å². The molecule has 1 aliphatic carbocycles. The van der Waals surface area contributed by atoms with Crippen LogP contribution in [0.4, 0.5) is 11.6 Å². The number of nitrogens with zero attached hydrogens (tertiary/aromatic N) is 6. The van der Waals surface area contributed by atoms with Gasteiger partial charge in [-0.2, -0.15) is 10.1 Å². The lowest BCUT2D eigenvalue weighted by Crippen LogP contribution is -2.46. The van der Waals surface area contributed by atoms with Gasteiger partial charge in [0.1, 0.15) is 5.65 Å². The van der Waals surface area contributed by atoms with Crippen LogP contribution in [0.15, 0.2) is 36.9 Å². The van der Waals surface area contributed by atoms with Crippen molar-refractivity contribution in [3.8, 4) is 0 Å². The summed E-state index contributed by atoms with van der Waals surface area (Å²) >= 11 is 0. The van der Waals surface area contributed by atoms with Gasteiger partial charge in [0, 0.05) is 36.6 Å². The minimum atomic E-state index is -1.03. The van der Waals surface area contributed by atoms with Crippen molar-refractivity contribution in [3.63, 3.8) is 0 Å². The van der Waals surface area contributed by atoms with Crippen LogP contribution in [0.5, 0.6) is 0 Å². The van der Waals surface area contributed by atoms with Crippen molar-refractivity contribution < 1.29 is 14.7 Å². The zero-order chi connectivity index (χ0) is 22.5. The molecule has 5 rings (SSSR count). The number of aryl methyl sites for hydroxylation is 1. The fourth-order valence-electron chi connectivity index (χ4n) is 4.49. The largest absolute Gasteiger partial charge is 0.481 e. The number of carboxylic acid groups (broad SMARTS) is 1. The van der Waals surface area contributed by atoms with Crippen LogP contribution in [0.2, 0.25) is 0 Å². The predicted molar refractivity (Wildman–Crippen MR) is 116 cm³/mol. The van der Waals surface area contributed by atoms with E-state index in [4.69, 9.17) is 5.73 Å². The predicted octanol–water partition coefficient (Wildman–Crippen LogP) is 2.13. The molecule has 1 unspecified atom stereocenters. The minimum Gasteiger partial charge on any atom is -0.481 e. The number of nitrogens with two attached hydrogens (primary N) is 1. The fraction of sp³-hybridized carbons (Fsp3) is 0.333. The Balaban J connectivity index is 1.53. The van der Waals surface area contributed by atoms with Crippen molar-refractivity contribution in [2.24, 2.45) is 18.2 Å². The summed E-state index contributed by atoms with van der Waals surface area (Å²) in [5.74, 6) is -1.13. The standard InChI is InChI=1S/C21H22N8O3/c1-28-17-13(10-25-28)7-14(11-23-17)26-20-24-9-12-3-6-29(18(12)27-20)15(8-16(22)30)21(19(31)32)4-2-5-21/h3,6-7,9-11,15H,2,4-5,8H2,1H3,(H2,22,30)(H,31,32)(H,24,26,27). The summed E-state index contributed by atoms with van der Waals surface area (Å²) in [5, 5.41) is 18.9. The van der Waals surface area contributed by atoms with E-state index in [9.17, 15) is 14.7 Å². The molecule has 0 spiro atoms. The first-order valence-electron chi connectivity index (χ1n) is 10.3. The van der Waals surface area contributed by atoms with Gasteiger partial charge in [0.05, 0.1) is 29.5 Å². The maximum atomic E-state index is 12.2. The molecule has 11 heteroatoms. The number of hydrogen-bond donors (Lipinski definition) is 3. The third-order valence-corrected chi connectivity index (χ3v) is 6.32. The van der Waals surface area contributed by atoms with Crippen LogP contribution in [-0.4, -0.2) is 46.3 Å². The summed E-state index contributed by atoms with van der Waals surface area (Å²) in [4.78, 5) is 37.4. The Hall–Kier alpha value is -4.02. The minimum absolute atomic E-state index is 0.0789. The number of nitrogens with one attached hydrogen (secondary N) is 1. The number of fused-ring (bicyclic) bond motifs is 2. The molecule has 4 heterocycles. The number of hydrogen-bond acceptors (Lipinski definition) is 7. The highest BCUT2D eigenvalue weighted by atomic mass is 16.4. The van der Waals surface area contributed by atoms with Crippen LogP contribution in [-0.2, 0) is 16.6 Å². The Morgan fingerprint density at radius 3 is 2.72 bits per heavy atom. The van der Waals surface area contributed by atoms with Gasteiger partial charge in [-0.25, -0.2) is 9.97 Å². The van der Waals surface area contributed by atoms with Gasteiger partial charge in [-0.1, -0.05) is 6.42 Å². The first-order chi connectivity index (χ1) is 15.4. The number of aliphatic carboxylic acids is 1. The number of amides is 1. The Kier molecular flexibility index (Phi) is 4.54. The van der Waals surface area contributed by atoms with Crippen molar-refractivity contribution in [1.29, 1.82) is 0 Å². The first-order valence-corrected chi connectivity index (χ1v) is 10.3. The zero-order valence-corrected chi connectivity index (χ0v) is 17.4. The molecule has 0 saturated heterocycles. The first kappa shape index (κ1) is 19.9. The topological polar surface area (TPSA) is 154 Å². The van der Waals surface area contributed by atoms with Gasteiger partial charge in [-0.05, 0) is 25.0 Å². The molecule has 1 atom stereocenters. The van der Waals surface area contributed by atoms with Crippen molar-refractivity contribution in [3.05, 3.63) is 36.9 Å². The third-order valence-electron chi connectivity index (χ3n) is 6.32. The van der Waals surface area contributed by atoms with Gasteiger partial charge in [-0.3, -0.25) is 14.3 Å². The molecular formula is C21H22N8O3. The van der Waals surface area contributed by atoms with E-state index in [-0.39, 0.29) is 6.42 Å². The quantitative estimate of drug-likeness (QED) is 0.400. The maximum Gasteiger partial charge on any atom is 0.311 e. The second-order valence-corrected chi connectivity index (χ2v) is 8.23. The number of carboxylic acids is 1. The molecule has 4 N–H and O–H groups in total. The summed E-state index contributed by atoms with van der Waals surface area (Å²) in [5.41, 5.74) is 6.45. The molecule has 1 saturated carbocycles. The monoisotopic (exact) mass is 434 g/mol. The fourth-order valence-corrected chi connectivity index (χ4v) is 4.49. The van der Waals surface area contributed by atoms with Crippen molar-refractivity contribution in [2.45, 2.75) is 31.7 Å². The lowest BCUT2D eigenvalue weighted by molar-refractivity contribution is -0.159. The third kappa shape index (κ3) is 3.13. The highest BCUT2D eigenvalue weighted by molar-refractivity contribution is 5.83. The van der Waals surface area contributed by atoms with Crippen molar-refractivity contribution in [1.82, 2.24) is 29.3 Å². The van der Waals surface area contributed by atoms with E-state index in [0.29, 0.717) is 30.1 Å². The zero-order valence-electron chi connectivity index (χ0n) is 17.4. The molecule has 164 valence electrons. The van der Waals surface area contributed by atoms with Crippen LogP contribution < -0.4 is 11.1 Å². The van der Waals surface area contributed by atoms with Gasteiger partial charge in [0.2, 0.25) is 11.9 Å². The lowest BCUT2D eigenvalue weighted by atomic mass is 9.63. The van der Waals surface area contributed by atoms with Crippen LogP contribution in [0.25, 0.3) is 22.1 Å². The van der Waals surface area contributed by atoms with Gasteiger partial charge in [0.25, 0.3) is 0 Å². The SMILES string of the molecule is Cn1ncc2cc(Nc3ncc4ccn(C(CC(N)=O)C5(C(=O)O)CCC5)c4n3)cnc21. The molecule has 1 amide bonds. The molecule has 4 aromatic heterocycles. The van der Waals surface area contributed by atoms with Gasteiger partial charge >= 0.3 is 5.97 Å². The Morgan fingerprint density at radius 2 is 2.03 bits per heavy atom. The number of primary amides is 1. The van der Waals surface area contributed by atoms with E-state index in [1.165, 1.54) is 0 Å². The molecule has 32 heavy (non-hydrogen) atoms. The number of carbonyl (C=O) groups is 2. The lowest BCUT2D eigenvalue weighted by Gasteiger charge is -2.44. The normalized spacial score (nSPS) is 16.0. The Labute approximate surface area is 182 Å². The van der Waals surface area contributed by atoms with Crippen LogP contribution in [0.3, 0.4) is 0 Å². The number of aromatic nitrogens is 6. The molecule has 0 bridgehead atoms. The molecule has 4 aromatic rings. The van der Waals surface area contributed by atoms with Gasteiger partial charge < -0.3 is 20.7 Å². The van der Waals surface area contributed by atoms with Crippen molar-refractivity contribution in [2.75, 3.05) is 5.32 Å². The molecule has 0 aliphatic heterocycles. The number of rotatable bonds is 7. The second kappa shape index (κ2) is 7.29. The van der Waals surface area contributed by atoms with Gasteiger partial charge in [0.15, 0.2) is 5.65 Å². The number of carbonyl (C=O) groups excluding carboxylic acids is 1. The average Bonchev–Trinajstić information content (AvgIpc) is 3.29. The maximum absolute atomic E-state index is 12.2. The molecule has 0 radical (unpaired) electrons. The van der Waals surface area contributed by atoms with Crippen LogP contribution >= 0.6 is 0 Å². The summed E-state index contributed by atoms with van der Waals surface area (Å²) in [6.45, 7) is 0. The van der Waals surface area contributed by atoms with E-state index in [1.807, 2.05) is 19.2 Å². The smallest absolute Gasteiger partial charge is 0.311 e. The summed E-state index contributed by atoms with van der Waals surface area (Å²) < 4.78 is 3.44. The summed E-state index contributed by atoms with van der Waals surface area (Å²) in [6, 6.07) is 3.08. The molecular weight excluding hydrogens is 412 g/mol. The number of anilines is 2. The average molecular weight is 434 g/mol. The highest BCUT2D eigenvalue weighted by Gasteiger charge is 2.52. The second-order valence-electron chi connectivity index (χ2n) is 8.23. The highest BCUT2D eigenvalue weighted by Crippen LogP contribution is 2.51. The molecule has 1 fully saturated rings. The summed E-state index contributed by atoms with van der Waals surface area (Å²) in [6.07, 6.45) is 8.51. The van der Waals surface area contributed by atoms with Crippen LogP contribution in [0, 0.1) is 5.41 Å². The Bertz CT molecular complexity index is 1350. The summed E-state index contributed by atoms with van der Waals surface area (Å²) in [7, 11) is 1.82. The van der Waals surface area contributed by atoms with E-state index >= 15 is 0 Å².